The summed E-state index contributed by atoms with van der Waals surface area (Å²) in [6, 6.07) is 8.52. The summed E-state index contributed by atoms with van der Waals surface area (Å²) >= 11 is 0. The van der Waals surface area contributed by atoms with E-state index >= 15 is 0 Å². The molecule has 0 aliphatic carbocycles. The van der Waals surface area contributed by atoms with E-state index in [-0.39, 0.29) is 0 Å². The van der Waals surface area contributed by atoms with Crippen molar-refractivity contribution in [3.05, 3.63) is 53.9 Å². The van der Waals surface area contributed by atoms with Crippen LogP contribution >= 0.6 is 0 Å². The van der Waals surface area contributed by atoms with Gasteiger partial charge in [0, 0.05) is 5.56 Å². The lowest BCUT2D eigenvalue weighted by Gasteiger charge is -2.08. The Labute approximate surface area is 112 Å². The summed E-state index contributed by atoms with van der Waals surface area (Å²) in [6.45, 7) is 1.83. The van der Waals surface area contributed by atoms with E-state index in [4.69, 9.17) is 0 Å². The normalized spacial score (nSPS) is 12.0. The van der Waals surface area contributed by atoms with Crippen LogP contribution in [-0.2, 0) is 6.18 Å². The molecule has 0 fully saturated rings. The van der Waals surface area contributed by atoms with Crippen LogP contribution in [0.5, 0.6) is 0 Å². The van der Waals surface area contributed by atoms with Crippen molar-refractivity contribution in [3.63, 3.8) is 0 Å². The number of fused-ring (bicyclic) bond motifs is 1. The molecular formula is C14H10F3N3. The minimum absolute atomic E-state index is 0.424. The SMILES string of the molecule is Cc1cn2nc(-c3cccc(C(F)(F)F)c3)ccc2n1. The summed E-state index contributed by atoms with van der Waals surface area (Å²) in [5, 5.41) is 4.28. The molecule has 0 N–H and O–H groups in total. The largest absolute Gasteiger partial charge is 0.416 e. The fourth-order valence-electron chi connectivity index (χ4n) is 2.01. The third-order valence-corrected chi connectivity index (χ3v) is 2.93. The summed E-state index contributed by atoms with van der Waals surface area (Å²) < 4.78 is 39.7. The standard InChI is InChI=1S/C14H10F3N3/c1-9-8-20-13(18-9)6-5-12(19-20)10-3-2-4-11(7-10)14(15,16)17/h2-8H,1H3. The topological polar surface area (TPSA) is 30.2 Å². The van der Waals surface area contributed by atoms with Gasteiger partial charge in [-0.2, -0.15) is 18.3 Å². The second kappa shape index (κ2) is 4.33. The van der Waals surface area contributed by atoms with Crippen LogP contribution in [0, 0.1) is 6.92 Å². The number of imidazole rings is 1. The van der Waals surface area contributed by atoms with Gasteiger partial charge >= 0.3 is 6.18 Å². The summed E-state index contributed by atoms with van der Waals surface area (Å²) in [6.07, 6.45) is -2.63. The van der Waals surface area contributed by atoms with Crippen LogP contribution in [0.2, 0.25) is 0 Å². The van der Waals surface area contributed by atoms with Crippen molar-refractivity contribution in [1.82, 2.24) is 14.6 Å². The monoisotopic (exact) mass is 277 g/mol. The van der Waals surface area contributed by atoms with Gasteiger partial charge in [-0.15, -0.1) is 0 Å². The third-order valence-electron chi connectivity index (χ3n) is 2.93. The predicted molar refractivity (Wildman–Crippen MR) is 68.2 cm³/mol. The van der Waals surface area contributed by atoms with Crippen LogP contribution in [0.1, 0.15) is 11.3 Å². The number of rotatable bonds is 1. The highest BCUT2D eigenvalue weighted by Crippen LogP contribution is 2.31. The van der Waals surface area contributed by atoms with Crippen LogP contribution in [-0.4, -0.2) is 14.6 Å². The second-order valence-corrected chi connectivity index (χ2v) is 4.48. The van der Waals surface area contributed by atoms with Gasteiger partial charge in [0.05, 0.1) is 23.1 Å². The zero-order chi connectivity index (χ0) is 14.3. The molecule has 1 aromatic carbocycles. The third kappa shape index (κ3) is 2.24. The molecule has 6 heteroatoms. The first-order chi connectivity index (χ1) is 9.43. The van der Waals surface area contributed by atoms with Crippen LogP contribution in [0.15, 0.2) is 42.6 Å². The average molecular weight is 277 g/mol. The smallest absolute Gasteiger partial charge is 0.232 e. The molecular weight excluding hydrogens is 267 g/mol. The zero-order valence-electron chi connectivity index (χ0n) is 10.5. The van der Waals surface area contributed by atoms with E-state index < -0.39 is 11.7 Å². The first kappa shape index (κ1) is 12.7. The molecule has 0 aliphatic heterocycles. The number of benzene rings is 1. The van der Waals surface area contributed by atoms with Crippen molar-refractivity contribution >= 4 is 5.65 Å². The number of hydrogen-bond donors (Lipinski definition) is 0. The molecule has 0 amide bonds. The molecule has 102 valence electrons. The highest BCUT2D eigenvalue weighted by atomic mass is 19.4. The van der Waals surface area contributed by atoms with Crippen molar-refractivity contribution in [2.75, 3.05) is 0 Å². The number of alkyl halides is 3. The van der Waals surface area contributed by atoms with Gasteiger partial charge in [-0.1, -0.05) is 12.1 Å². The fraction of sp³-hybridized carbons (Fsp3) is 0.143. The highest BCUT2D eigenvalue weighted by molar-refractivity contribution is 5.61. The molecule has 20 heavy (non-hydrogen) atoms. The molecule has 2 aromatic heterocycles. The van der Waals surface area contributed by atoms with Crippen LogP contribution < -0.4 is 0 Å². The molecule has 2 heterocycles. The van der Waals surface area contributed by atoms with Gasteiger partial charge in [0.25, 0.3) is 0 Å². The Morgan fingerprint density at radius 2 is 1.90 bits per heavy atom. The van der Waals surface area contributed by atoms with E-state index in [0.29, 0.717) is 16.9 Å². The Balaban J connectivity index is 2.10. The van der Waals surface area contributed by atoms with E-state index in [9.17, 15) is 13.2 Å². The van der Waals surface area contributed by atoms with Gasteiger partial charge in [0.2, 0.25) is 0 Å². The Morgan fingerprint density at radius 3 is 2.65 bits per heavy atom. The van der Waals surface area contributed by atoms with Gasteiger partial charge in [-0.3, -0.25) is 0 Å². The molecule has 0 saturated heterocycles. The Bertz CT molecular complexity index is 775. The molecule has 0 aliphatic rings. The molecule has 3 nitrogen and oxygen atoms in total. The van der Waals surface area contributed by atoms with Gasteiger partial charge in [-0.25, -0.2) is 9.50 Å². The molecule has 3 aromatic rings. The van der Waals surface area contributed by atoms with Gasteiger partial charge < -0.3 is 0 Å². The molecule has 0 bridgehead atoms. The summed E-state index contributed by atoms with van der Waals surface area (Å²) in [7, 11) is 0. The molecule has 3 rings (SSSR count). The summed E-state index contributed by atoms with van der Waals surface area (Å²) in [4.78, 5) is 4.23. The van der Waals surface area contributed by atoms with E-state index in [1.807, 2.05) is 6.92 Å². The van der Waals surface area contributed by atoms with Crippen LogP contribution in [0.25, 0.3) is 16.9 Å². The maximum Gasteiger partial charge on any atom is 0.416 e. The molecule has 0 atom stereocenters. The van der Waals surface area contributed by atoms with E-state index in [2.05, 4.69) is 10.1 Å². The maximum absolute atomic E-state index is 12.7. The van der Waals surface area contributed by atoms with Crippen LogP contribution in [0.4, 0.5) is 13.2 Å². The van der Waals surface area contributed by atoms with Gasteiger partial charge in [-0.05, 0) is 31.2 Å². The number of nitrogens with zero attached hydrogens (tertiary/aromatic N) is 3. The maximum atomic E-state index is 12.7. The fourth-order valence-corrected chi connectivity index (χ4v) is 2.01. The van der Waals surface area contributed by atoms with E-state index in [0.717, 1.165) is 17.8 Å². The van der Waals surface area contributed by atoms with Crippen LogP contribution in [0.3, 0.4) is 0 Å². The first-order valence-corrected chi connectivity index (χ1v) is 5.94. The van der Waals surface area contributed by atoms with Crippen molar-refractivity contribution in [2.45, 2.75) is 13.1 Å². The summed E-state index contributed by atoms with van der Waals surface area (Å²) in [5.41, 5.74) is 1.68. The van der Waals surface area contributed by atoms with Crippen molar-refractivity contribution in [3.8, 4) is 11.3 Å². The van der Waals surface area contributed by atoms with Crippen molar-refractivity contribution in [2.24, 2.45) is 0 Å². The Kier molecular flexibility index (Phi) is 2.74. The summed E-state index contributed by atoms with van der Waals surface area (Å²) in [5.74, 6) is 0. The van der Waals surface area contributed by atoms with Gasteiger partial charge in [0.15, 0.2) is 5.65 Å². The van der Waals surface area contributed by atoms with Gasteiger partial charge in [0.1, 0.15) is 0 Å². The zero-order valence-corrected chi connectivity index (χ0v) is 10.5. The van der Waals surface area contributed by atoms with Crippen molar-refractivity contribution < 1.29 is 13.2 Å². The van der Waals surface area contributed by atoms with E-state index in [1.54, 1.807) is 28.9 Å². The average Bonchev–Trinajstić information content (AvgIpc) is 2.77. The lowest BCUT2D eigenvalue weighted by atomic mass is 10.1. The first-order valence-electron chi connectivity index (χ1n) is 5.94. The Morgan fingerprint density at radius 1 is 1.10 bits per heavy atom. The lowest BCUT2D eigenvalue weighted by molar-refractivity contribution is -0.137. The second-order valence-electron chi connectivity index (χ2n) is 4.48. The minimum Gasteiger partial charge on any atom is -0.232 e. The lowest BCUT2D eigenvalue weighted by Crippen LogP contribution is -2.04. The van der Waals surface area contributed by atoms with E-state index in [1.165, 1.54) is 6.07 Å². The Hall–Kier alpha value is -2.37. The molecule has 0 unspecified atom stereocenters. The number of aromatic nitrogens is 3. The number of halogens is 3. The minimum atomic E-state index is -4.36. The van der Waals surface area contributed by atoms with Crippen molar-refractivity contribution in [1.29, 1.82) is 0 Å². The predicted octanol–water partition coefficient (Wildman–Crippen LogP) is 3.72. The number of hydrogen-bond acceptors (Lipinski definition) is 2. The molecule has 0 spiro atoms. The molecule has 0 saturated carbocycles. The molecule has 0 radical (unpaired) electrons. The highest BCUT2D eigenvalue weighted by Gasteiger charge is 2.30. The number of aryl methyl sites for hydroxylation is 1. The quantitative estimate of drug-likeness (QED) is 0.678.